The summed E-state index contributed by atoms with van der Waals surface area (Å²) in [5, 5.41) is 3.40. The largest absolute Gasteiger partial charge is 0.314 e. The highest BCUT2D eigenvalue weighted by Crippen LogP contribution is 2.19. The van der Waals surface area contributed by atoms with E-state index in [2.05, 4.69) is 16.1 Å². The smallest absolute Gasteiger partial charge is 0.211 e. The van der Waals surface area contributed by atoms with Crippen LogP contribution >= 0.6 is 0 Å². The van der Waals surface area contributed by atoms with Crippen molar-refractivity contribution in [3.05, 3.63) is 11.6 Å². The summed E-state index contributed by atoms with van der Waals surface area (Å²) in [7, 11) is -3.10. The normalized spacial score (nSPS) is 24.4. The van der Waals surface area contributed by atoms with E-state index in [1.54, 1.807) is 0 Å². The van der Waals surface area contributed by atoms with Gasteiger partial charge in [-0.25, -0.2) is 13.1 Å². The average Bonchev–Trinajstić information content (AvgIpc) is 2.47. The second kappa shape index (κ2) is 8.15. The zero-order valence-electron chi connectivity index (χ0n) is 12.4. The molecule has 116 valence electrons. The number of hydrogen-bond donors (Lipinski definition) is 2. The van der Waals surface area contributed by atoms with E-state index >= 15 is 0 Å². The molecule has 5 heteroatoms. The van der Waals surface area contributed by atoms with Gasteiger partial charge in [0.2, 0.25) is 10.0 Å². The van der Waals surface area contributed by atoms with Gasteiger partial charge >= 0.3 is 0 Å². The molecule has 0 aromatic rings. The molecule has 2 rings (SSSR count). The zero-order chi connectivity index (χ0) is 14.3. The van der Waals surface area contributed by atoms with E-state index in [4.69, 9.17) is 0 Å². The zero-order valence-corrected chi connectivity index (χ0v) is 13.2. The molecule has 2 N–H and O–H groups in total. The topological polar surface area (TPSA) is 58.2 Å². The Morgan fingerprint density at radius 2 is 2.15 bits per heavy atom. The van der Waals surface area contributed by atoms with Crippen LogP contribution < -0.4 is 10.0 Å². The number of sulfonamides is 1. The molecule has 0 aromatic heterocycles. The fourth-order valence-corrected chi connectivity index (χ4v) is 4.19. The molecule has 0 saturated carbocycles. The molecular formula is C15H28N2O2S. The van der Waals surface area contributed by atoms with Gasteiger partial charge in [0.25, 0.3) is 0 Å². The molecule has 1 aliphatic heterocycles. The summed E-state index contributed by atoms with van der Waals surface area (Å²) >= 11 is 0. The Kier molecular flexibility index (Phi) is 6.52. The van der Waals surface area contributed by atoms with Crippen molar-refractivity contribution < 1.29 is 8.42 Å². The quantitative estimate of drug-likeness (QED) is 0.710. The minimum Gasteiger partial charge on any atom is -0.314 e. The summed E-state index contributed by atoms with van der Waals surface area (Å²) in [6, 6.07) is 0.390. The predicted molar refractivity (Wildman–Crippen MR) is 83.2 cm³/mol. The minimum absolute atomic E-state index is 0.254. The van der Waals surface area contributed by atoms with Gasteiger partial charge in [0.15, 0.2) is 0 Å². The molecule has 0 amide bonds. The predicted octanol–water partition coefficient (Wildman–Crippen LogP) is 2.33. The second-order valence-corrected chi connectivity index (χ2v) is 7.93. The van der Waals surface area contributed by atoms with Crippen LogP contribution in [0.4, 0.5) is 0 Å². The molecule has 4 nitrogen and oxygen atoms in total. The molecular weight excluding hydrogens is 272 g/mol. The molecule has 1 unspecified atom stereocenters. The van der Waals surface area contributed by atoms with Gasteiger partial charge in [0.1, 0.15) is 0 Å². The first kappa shape index (κ1) is 16.0. The van der Waals surface area contributed by atoms with Gasteiger partial charge in [-0.2, -0.15) is 0 Å². The van der Waals surface area contributed by atoms with Crippen molar-refractivity contribution in [2.45, 2.75) is 63.8 Å². The fraction of sp³-hybridized carbons (Fsp3) is 0.867. The molecule has 0 spiro atoms. The monoisotopic (exact) mass is 300 g/mol. The molecule has 1 heterocycles. The van der Waals surface area contributed by atoms with Crippen molar-refractivity contribution in [2.75, 3.05) is 18.8 Å². The second-order valence-electron chi connectivity index (χ2n) is 6.01. The third-order valence-corrected chi connectivity index (χ3v) is 5.72. The Hall–Kier alpha value is -0.390. The van der Waals surface area contributed by atoms with E-state index in [0.29, 0.717) is 12.6 Å². The summed E-state index contributed by atoms with van der Waals surface area (Å²) in [5.74, 6) is 0.254. The Morgan fingerprint density at radius 1 is 1.25 bits per heavy atom. The molecule has 0 bridgehead atoms. The van der Waals surface area contributed by atoms with Crippen LogP contribution in [-0.2, 0) is 10.0 Å². The number of hydrogen-bond acceptors (Lipinski definition) is 3. The Morgan fingerprint density at radius 3 is 2.85 bits per heavy atom. The fourth-order valence-electron chi connectivity index (χ4n) is 3.04. The lowest BCUT2D eigenvalue weighted by molar-refractivity contribution is 0.392. The van der Waals surface area contributed by atoms with Crippen LogP contribution in [0.3, 0.4) is 0 Å². The van der Waals surface area contributed by atoms with Gasteiger partial charge in [0.05, 0.1) is 5.75 Å². The van der Waals surface area contributed by atoms with Gasteiger partial charge in [-0.3, -0.25) is 0 Å². The molecule has 1 aliphatic carbocycles. The lowest BCUT2D eigenvalue weighted by Crippen LogP contribution is -2.37. The Bertz CT molecular complexity index is 412. The summed E-state index contributed by atoms with van der Waals surface area (Å²) in [5.41, 5.74) is 1.42. The van der Waals surface area contributed by atoms with Crippen molar-refractivity contribution in [2.24, 2.45) is 0 Å². The van der Waals surface area contributed by atoms with Gasteiger partial charge in [0, 0.05) is 12.6 Å². The van der Waals surface area contributed by atoms with Crippen molar-refractivity contribution in [1.82, 2.24) is 10.0 Å². The minimum atomic E-state index is -3.10. The van der Waals surface area contributed by atoms with E-state index in [1.807, 2.05) is 0 Å². The highest BCUT2D eigenvalue weighted by atomic mass is 32.2. The van der Waals surface area contributed by atoms with E-state index in [1.165, 1.54) is 31.3 Å². The van der Waals surface area contributed by atoms with Crippen molar-refractivity contribution in [3.63, 3.8) is 0 Å². The number of nitrogens with one attached hydrogen (secondary N) is 2. The summed E-state index contributed by atoms with van der Waals surface area (Å²) < 4.78 is 26.7. The van der Waals surface area contributed by atoms with Crippen molar-refractivity contribution in [3.8, 4) is 0 Å². The summed E-state index contributed by atoms with van der Waals surface area (Å²) in [6.45, 7) is 1.60. The van der Waals surface area contributed by atoms with Crippen LogP contribution in [0, 0.1) is 0 Å². The molecule has 1 saturated heterocycles. The first-order valence-electron chi connectivity index (χ1n) is 8.04. The molecule has 20 heavy (non-hydrogen) atoms. The summed E-state index contributed by atoms with van der Waals surface area (Å²) in [6.07, 6.45) is 12.3. The lowest BCUT2D eigenvalue weighted by atomic mass is 9.97. The first-order chi connectivity index (χ1) is 9.66. The van der Waals surface area contributed by atoms with Gasteiger partial charge in [-0.15, -0.1) is 0 Å². The number of piperidine rings is 1. The molecule has 1 atom stereocenters. The van der Waals surface area contributed by atoms with Gasteiger partial charge < -0.3 is 5.32 Å². The van der Waals surface area contributed by atoms with Gasteiger partial charge in [-0.05, 0) is 57.9 Å². The third-order valence-electron chi connectivity index (χ3n) is 4.30. The first-order valence-corrected chi connectivity index (χ1v) is 9.69. The van der Waals surface area contributed by atoms with Crippen molar-refractivity contribution >= 4 is 10.0 Å². The van der Waals surface area contributed by atoms with Crippen LogP contribution in [0.25, 0.3) is 0 Å². The highest BCUT2D eigenvalue weighted by molar-refractivity contribution is 7.89. The molecule has 0 radical (unpaired) electrons. The molecule has 0 aromatic carbocycles. The van der Waals surface area contributed by atoms with Crippen LogP contribution in [-0.4, -0.2) is 33.3 Å². The van der Waals surface area contributed by atoms with E-state index in [0.717, 1.165) is 38.6 Å². The third kappa shape index (κ3) is 5.94. The highest BCUT2D eigenvalue weighted by Gasteiger charge is 2.17. The van der Waals surface area contributed by atoms with Crippen molar-refractivity contribution in [1.29, 1.82) is 0 Å². The molecule has 1 fully saturated rings. The Balaban J connectivity index is 1.64. The van der Waals surface area contributed by atoms with Crippen LogP contribution in [0.2, 0.25) is 0 Å². The van der Waals surface area contributed by atoms with Gasteiger partial charge in [-0.1, -0.05) is 18.1 Å². The Labute approximate surface area is 123 Å². The maximum Gasteiger partial charge on any atom is 0.211 e. The average molecular weight is 300 g/mol. The van der Waals surface area contributed by atoms with E-state index in [9.17, 15) is 8.42 Å². The number of rotatable bonds is 7. The van der Waals surface area contributed by atoms with Crippen LogP contribution in [0.1, 0.15) is 57.8 Å². The maximum atomic E-state index is 12.0. The molecule has 2 aliphatic rings. The van der Waals surface area contributed by atoms with Crippen LogP contribution in [0.15, 0.2) is 11.6 Å². The standard InChI is InChI=1S/C15H28N2O2S/c18-20(19,13-10-15-8-4-5-11-16-15)17-12-9-14-6-2-1-3-7-14/h6,15-17H,1-5,7-13H2. The van der Waals surface area contributed by atoms with E-state index in [-0.39, 0.29) is 5.75 Å². The number of allylic oxidation sites excluding steroid dienone is 1. The SMILES string of the molecule is O=S(=O)(CCC1CCCCN1)NCCC1=CCCCC1. The maximum absolute atomic E-state index is 12.0. The van der Waals surface area contributed by atoms with Crippen LogP contribution in [0.5, 0.6) is 0 Å². The summed E-state index contributed by atoms with van der Waals surface area (Å²) in [4.78, 5) is 0. The lowest BCUT2D eigenvalue weighted by Gasteiger charge is -2.23. The van der Waals surface area contributed by atoms with E-state index < -0.39 is 10.0 Å².